The van der Waals surface area contributed by atoms with Gasteiger partial charge in [-0.15, -0.1) is 0 Å². The molecule has 0 heterocycles. The quantitative estimate of drug-likeness (QED) is 0.806. The number of rotatable bonds is 2. The Labute approximate surface area is 152 Å². The highest BCUT2D eigenvalue weighted by molar-refractivity contribution is 5.91. The van der Waals surface area contributed by atoms with Crippen LogP contribution in [0, 0.1) is 28.6 Å². The Balaban J connectivity index is 1.68. The summed E-state index contributed by atoms with van der Waals surface area (Å²) in [7, 11) is 0. The number of hydrogen-bond donors (Lipinski definition) is 2. The molecule has 0 aromatic carbocycles. The molecule has 0 aromatic heterocycles. The summed E-state index contributed by atoms with van der Waals surface area (Å²) in [5, 5.41) is 20.9. The molecule has 4 heteroatoms. The minimum absolute atomic E-state index is 0.0223. The number of aliphatic hydroxyl groups is 2. The van der Waals surface area contributed by atoms with Crippen LogP contribution in [-0.4, -0.2) is 33.9 Å². The van der Waals surface area contributed by atoms with Crippen molar-refractivity contribution < 1.29 is 22.5 Å². The zero-order valence-corrected chi connectivity index (χ0v) is 15.2. The molecule has 25 heavy (non-hydrogen) atoms. The molecule has 4 nitrogen and oxygen atoms in total. The monoisotopic (exact) mass is 346 g/mol. The van der Waals surface area contributed by atoms with Crippen LogP contribution in [-0.2, 0) is 9.59 Å². The second-order valence-electron chi connectivity index (χ2n) is 9.26. The maximum Gasteiger partial charge on any atom is 0.190 e. The minimum Gasteiger partial charge on any atom is -0.388 e. The van der Waals surface area contributed by atoms with E-state index in [0.717, 1.165) is 25.7 Å². The number of carbonyl (C=O) groups is 2. The molecule has 0 aromatic rings. The highest BCUT2D eigenvalue weighted by atomic mass is 16.3. The van der Waals surface area contributed by atoms with Gasteiger partial charge in [0.25, 0.3) is 0 Å². The predicted molar refractivity (Wildman–Crippen MR) is 93.8 cm³/mol. The first-order valence-corrected chi connectivity index (χ1v) is 9.67. The molecule has 3 fully saturated rings. The standard InChI is InChI=1S/C21H30O4/c1-19-8-5-14(23)11-13(19)3-4-15-16(19)6-9-20(2)17(15)7-10-21(20,25)18(24)12-22/h11,15-17,22,25H,3-10,12H2,1-2H3/t15-,16+,17+,19+,20+,21+/m1/s1/i12H2. The van der Waals surface area contributed by atoms with E-state index in [1.54, 1.807) is 0 Å². The van der Waals surface area contributed by atoms with E-state index in [2.05, 4.69) is 6.92 Å². The largest absolute Gasteiger partial charge is 0.388 e. The summed E-state index contributed by atoms with van der Waals surface area (Å²) < 4.78 is 14.9. The number of allylic oxidation sites excluding steroid dienone is 1. The topological polar surface area (TPSA) is 74.6 Å². The lowest BCUT2D eigenvalue weighted by molar-refractivity contribution is -0.164. The summed E-state index contributed by atoms with van der Waals surface area (Å²) in [5.41, 5.74) is -1.21. The average Bonchev–Trinajstić information content (AvgIpc) is 2.86. The van der Waals surface area contributed by atoms with E-state index in [4.69, 9.17) is 2.74 Å². The van der Waals surface area contributed by atoms with Crippen molar-refractivity contribution >= 4 is 11.6 Å². The Bertz CT molecular complexity index is 726. The van der Waals surface area contributed by atoms with Crippen LogP contribution in [0.25, 0.3) is 0 Å². The molecule has 0 bridgehead atoms. The summed E-state index contributed by atoms with van der Waals surface area (Å²) in [6, 6.07) is 0. The van der Waals surface area contributed by atoms with Gasteiger partial charge in [0.1, 0.15) is 12.2 Å². The number of carbonyl (C=O) groups excluding carboxylic acids is 2. The van der Waals surface area contributed by atoms with Gasteiger partial charge in [-0.05, 0) is 74.2 Å². The Hall–Kier alpha value is -1.00. The molecular formula is C21H30O4. The molecule has 138 valence electrons. The molecule has 0 unspecified atom stereocenters. The molecule has 0 amide bonds. The first-order valence-electron chi connectivity index (χ1n) is 10.7. The molecule has 0 radical (unpaired) electrons. The van der Waals surface area contributed by atoms with Gasteiger partial charge in [0, 0.05) is 11.8 Å². The normalized spacial score (nSPS) is 50.8. The van der Waals surface area contributed by atoms with Crippen molar-refractivity contribution in [2.24, 2.45) is 28.6 Å². The van der Waals surface area contributed by atoms with Crippen molar-refractivity contribution in [3.8, 4) is 0 Å². The SMILES string of the molecule is [1H]C([1H])(O)C(=O)[C@@]1(O)CC[C@H]2[C@@H]3CCC4=CC(=O)CC[C@]4(C)[C@H]3CC[C@@]21C. The average molecular weight is 346 g/mol. The van der Waals surface area contributed by atoms with E-state index in [-0.39, 0.29) is 23.5 Å². The van der Waals surface area contributed by atoms with E-state index < -0.39 is 23.4 Å². The molecule has 3 saturated carbocycles. The van der Waals surface area contributed by atoms with Crippen molar-refractivity contribution in [1.29, 1.82) is 0 Å². The maximum absolute atomic E-state index is 12.6. The molecule has 0 aliphatic heterocycles. The minimum atomic E-state index is -3.01. The van der Waals surface area contributed by atoms with Gasteiger partial charge in [0.15, 0.2) is 11.6 Å². The van der Waals surface area contributed by atoms with Crippen molar-refractivity contribution in [2.75, 3.05) is 6.56 Å². The highest BCUT2D eigenvalue weighted by Gasteiger charge is 2.65. The second kappa shape index (κ2) is 5.50. The van der Waals surface area contributed by atoms with Crippen LogP contribution >= 0.6 is 0 Å². The summed E-state index contributed by atoms with van der Waals surface area (Å²) in [6.07, 6.45) is 7.60. The number of Topliss-reactive ketones (excluding diaryl/α,β-unsaturated/α-hetero) is 1. The summed E-state index contributed by atoms with van der Waals surface area (Å²) in [4.78, 5) is 24.5. The van der Waals surface area contributed by atoms with Crippen molar-refractivity contribution in [1.82, 2.24) is 0 Å². The van der Waals surface area contributed by atoms with Gasteiger partial charge < -0.3 is 10.2 Å². The Morgan fingerprint density at radius 1 is 1.20 bits per heavy atom. The Morgan fingerprint density at radius 3 is 2.64 bits per heavy atom. The lowest BCUT2D eigenvalue weighted by Crippen LogP contribution is -2.58. The zero-order chi connectivity index (χ0) is 19.8. The molecule has 2 N–H and O–H groups in total. The van der Waals surface area contributed by atoms with Crippen LogP contribution in [0.15, 0.2) is 11.6 Å². The van der Waals surface area contributed by atoms with Crippen molar-refractivity contribution in [2.45, 2.75) is 70.8 Å². The first-order chi connectivity index (χ1) is 12.4. The number of fused-ring (bicyclic) bond motifs is 5. The molecule has 4 aliphatic rings. The van der Waals surface area contributed by atoms with Crippen LogP contribution in [0.4, 0.5) is 0 Å². The van der Waals surface area contributed by atoms with E-state index in [0.29, 0.717) is 31.1 Å². The molecule has 6 atom stereocenters. The summed E-state index contributed by atoms with van der Waals surface area (Å²) >= 11 is 0. The van der Waals surface area contributed by atoms with Gasteiger partial charge in [-0.1, -0.05) is 19.4 Å². The molecule has 4 rings (SSSR count). The van der Waals surface area contributed by atoms with Crippen LogP contribution in [0.1, 0.15) is 68.0 Å². The molecule has 0 spiro atoms. The fraction of sp³-hybridized carbons (Fsp3) is 0.810. The van der Waals surface area contributed by atoms with Gasteiger partial charge in [0.2, 0.25) is 0 Å². The Morgan fingerprint density at radius 2 is 1.92 bits per heavy atom. The van der Waals surface area contributed by atoms with Crippen LogP contribution in [0.5, 0.6) is 0 Å². The van der Waals surface area contributed by atoms with E-state index in [9.17, 15) is 19.8 Å². The van der Waals surface area contributed by atoms with Gasteiger partial charge in [-0.25, -0.2) is 0 Å². The highest BCUT2D eigenvalue weighted by Crippen LogP contribution is 2.67. The second-order valence-corrected chi connectivity index (χ2v) is 9.26. The predicted octanol–water partition coefficient (Wildman–Crippen LogP) is 2.81. The zero-order valence-electron chi connectivity index (χ0n) is 17.2. The third kappa shape index (κ3) is 2.13. The maximum atomic E-state index is 12.6. The van der Waals surface area contributed by atoms with Crippen molar-refractivity contribution in [3.63, 3.8) is 0 Å². The van der Waals surface area contributed by atoms with Gasteiger partial charge in [0.05, 0.1) is 2.74 Å². The van der Waals surface area contributed by atoms with E-state index in [1.165, 1.54) is 5.57 Å². The molecule has 0 saturated heterocycles. The lowest BCUT2D eigenvalue weighted by atomic mass is 9.46. The Kier molecular flexibility index (Phi) is 3.32. The number of ketones is 2. The van der Waals surface area contributed by atoms with E-state index >= 15 is 0 Å². The smallest absolute Gasteiger partial charge is 0.190 e. The third-order valence-electron chi connectivity index (χ3n) is 8.59. The van der Waals surface area contributed by atoms with Crippen LogP contribution < -0.4 is 0 Å². The van der Waals surface area contributed by atoms with Gasteiger partial charge >= 0.3 is 0 Å². The van der Waals surface area contributed by atoms with Crippen molar-refractivity contribution in [3.05, 3.63) is 11.6 Å². The fourth-order valence-electron chi connectivity index (χ4n) is 7.04. The van der Waals surface area contributed by atoms with E-state index in [1.807, 2.05) is 13.0 Å². The fourth-order valence-corrected chi connectivity index (χ4v) is 7.04. The molecular weight excluding hydrogens is 316 g/mol. The lowest BCUT2D eigenvalue weighted by Gasteiger charge is -2.58. The number of hydrogen-bond acceptors (Lipinski definition) is 4. The first kappa shape index (κ1) is 15.1. The third-order valence-corrected chi connectivity index (χ3v) is 8.59. The van der Waals surface area contributed by atoms with Crippen LogP contribution in [0.3, 0.4) is 0 Å². The summed E-state index contributed by atoms with van der Waals surface area (Å²) in [6.45, 7) is 1.19. The van der Waals surface area contributed by atoms with Gasteiger partial charge in [-0.2, -0.15) is 0 Å². The summed E-state index contributed by atoms with van der Waals surface area (Å²) in [5.74, 6) is 0.0953. The van der Waals surface area contributed by atoms with Crippen LogP contribution in [0.2, 0.25) is 0 Å². The van der Waals surface area contributed by atoms with Gasteiger partial charge in [-0.3, -0.25) is 9.59 Å². The molecule has 4 aliphatic carbocycles.